The molecule has 0 unspecified atom stereocenters. The van der Waals surface area contributed by atoms with Gasteiger partial charge in [0.15, 0.2) is 0 Å². The number of amides is 1. The molecule has 18 heavy (non-hydrogen) atoms. The van der Waals surface area contributed by atoms with Crippen LogP contribution in [0.25, 0.3) is 0 Å². The molecule has 3 N–H and O–H groups in total. The molecule has 3 nitrogen and oxygen atoms in total. The summed E-state index contributed by atoms with van der Waals surface area (Å²) in [6, 6.07) is 6.02. The Hall–Kier alpha value is -1.000. The Morgan fingerprint density at radius 1 is 1.28 bits per heavy atom. The van der Waals surface area contributed by atoms with Crippen molar-refractivity contribution < 1.29 is 4.79 Å². The SMILES string of the molecule is Cc1cccc(C)c1NC(=O)CSCCCCN. The highest BCUT2D eigenvalue weighted by atomic mass is 32.2. The molecule has 1 amide bonds. The summed E-state index contributed by atoms with van der Waals surface area (Å²) in [5, 5.41) is 2.98. The van der Waals surface area contributed by atoms with Crippen LogP contribution in [0.4, 0.5) is 5.69 Å². The van der Waals surface area contributed by atoms with Crippen LogP contribution in [0.2, 0.25) is 0 Å². The van der Waals surface area contributed by atoms with E-state index in [0.29, 0.717) is 5.75 Å². The number of carbonyl (C=O) groups is 1. The highest BCUT2D eigenvalue weighted by Crippen LogP contribution is 2.19. The smallest absolute Gasteiger partial charge is 0.234 e. The second-order valence-corrected chi connectivity index (χ2v) is 5.47. The molecule has 1 aromatic carbocycles. The first kappa shape index (κ1) is 15.1. The minimum Gasteiger partial charge on any atom is -0.330 e. The molecular weight excluding hydrogens is 244 g/mol. The van der Waals surface area contributed by atoms with Crippen LogP contribution in [0.1, 0.15) is 24.0 Å². The third-order valence-corrected chi connectivity index (χ3v) is 3.77. The largest absolute Gasteiger partial charge is 0.330 e. The van der Waals surface area contributed by atoms with Gasteiger partial charge in [0.1, 0.15) is 0 Å². The summed E-state index contributed by atoms with van der Waals surface area (Å²) >= 11 is 1.66. The summed E-state index contributed by atoms with van der Waals surface area (Å²) in [6.45, 7) is 4.75. The topological polar surface area (TPSA) is 55.1 Å². The molecule has 0 radical (unpaired) electrons. The van der Waals surface area contributed by atoms with Gasteiger partial charge in [0.25, 0.3) is 0 Å². The molecule has 0 aromatic heterocycles. The molecule has 0 bridgehead atoms. The molecule has 0 heterocycles. The summed E-state index contributed by atoms with van der Waals surface area (Å²) in [4.78, 5) is 11.8. The standard InChI is InChI=1S/C14H22N2OS/c1-11-6-5-7-12(2)14(11)16-13(17)10-18-9-4-3-8-15/h5-7H,3-4,8-10,15H2,1-2H3,(H,16,17). The third kappa shape index (κ3) is 5.10. The maximum absolute atomic E-state index is 11.8. The van der Waals surface area contributed by atoms with E-state index in [0.717, 1.165) is 42.0 Å². The van der Waals surface area contributed by atoms with E-state index in [1.165, 1.54) is 0 Å². The summed E-state index contributed by atoms with van der Waals surface area (Å²) in [5.41, 5.74) is 8.58. The van der Waals surface area contributed by atoms with Gasteiger partial charge >= 0.3 is 0 Å². The number of thioether (sulfide) groups is 1. The molecule has 0 aliphatic heterocycles. The predicted molar refractivity (Wildman–Crippen MR) is 80.2 cm³/mol. The number of nitrogens with two attached hydrogens (primary N) is 1. The number of nitrogens with one attached hydrogen (secondary N) is 1. The van der Waals surface area contributed by atoms with Crippen molar-refractivity contribution in [2.45, 2.75) is 26.7 Å². The molecule has 0 aliphatic carbocycles. The lowest BCUT2D eigenvalue weighted by molar-refractivity contribution is -0.113. The first-order chi connectivity index (χ1) is 8.65. The molecule has 0 atom stereocenters. The molecular formula is C14H22N2OS. The molecule has 1 rings (SSSR count). The van der Waals surface area contributed by atoms with E-state index in [-0.39, 0.29) is 5.91 Å². The highest BCUT2D eigenvalue weighted by molar-refractivity contribution is 7.99. The van der Waals surface area contributed by atoms with E-state index in [4.69, 9.17) is 5.73 Å². The van der Waals surface area contributed by atoms with Crippen LogP contribution in [0, 0.1) is 13.8 Å². The van der Waals surface area contributed by atoms with E-state index in [1.54, 1.807) is 11.8 Å². The number of anilines is 1. The summed E-state index contributed by atoms with van der Waals surface area (Å²) in [7, 11) is 0. The van der Waals surface area contributed by atoms with Gasteiger partial charge in [0.05, 0.1) is 5.75 Å². The number of hydrogen-bond acceptors (Lipinski definition) is 3. The summed E-state index contributed by atoms with van der Waals surface area (Å²) in [5.74, 6) is 1.58. The van der Waals surface area contributed by atoms with Crippen LogP contribution in [0.15, 0.2) is 18.2 Å². The van der Waals surface area contributed by atoms with Crippen molar-refractivity contribution in [2.24, 2.45) is 5.73 Å². The zero-order valence-electron chi connectivity index (χ0n) is 11.2. The average molecular weight is 266 g/mol. The number of carbonyl (C=O) groups excluding carboxylic acids is 1. The number of aryl methyl sites for hydroxylation is 2. The maximum Gasteiger partial charge on any atom is 0.234 e. The van der Waals surface area contributed by atoms with Gasteiger partial charge in [-0.25, -0.2) is 0 Å². The lowest BCUT2D eigenvalue weighted by atomic mass is 10.1. The molecule has 1 aromatic rings. The maximum atomic E-state index is 11.8. The minimum absolute atomic E-state index is 0.0742. The minimum atomic E-state index is 0.0742. The zero-order chi connectivity index (χ0) is 13.4. The van der Waals surface area contributed by atoms with Gasteiger partial charge in [-0.2, -0.15) is 11.8 Å². The molecule has 0 aliphatic rings. The molecule has 4 heteroatoms. The van der Waals surface area contributed by atoms with Gasteiger partial charge in [0, 0.05) is 5.69 Å². The van der Waals surface area contributed by atoms with Crippen LogP contribution in [0.3, 0.4) is 0 Å². The number of benzene rings is 1. The Balaban J connectivity index is 2.36. The number of para-hydroxylation sites is 1. The van der Waals surface area contributed by atoms with Crippen molar-refractivity contribution in [3.05, 3.63) is 29.3 Å². The predicted octanol–water partition coefficient (Wildman–Crippen LogP) is 2.71. The molecule has 0 fully saturated rings. The summed E-state index contributed by atoms with van der Waals surface area (Å²) < 4.78 is 0. The fourth-order valence-electron chi connectivity index (χ4n) is 1.70. The number of hydrogen-bond donors (Lipinski definition) is 2. The number of rotatable bonds is 7. The van der Waals surface area contributed by atoms with Crippen LogP contribution < -0.4 is 11.1 Å². The van der Waals surface area contributed by atoms with Gasteiger partial charge in [-0.1, -0.05) is 18.2 Å². The Kier molecular flexibility index (Phi) is 6.83. The van der Waals surface area contributed by atoms with Crippen molar-refractivity contribution in [2.75, 3.05) is 23.4 Å². The Bertz CT molecular complexity index is 373. The van der Waals surface area contributed by atoms with Gasteiger partial charge in [-0.3, -0.25) is 4.79 Å². The van der Waals surface area contributed by atoms with Gasteiger partial charge in [-0.05, 0) is 50.1 Å². The lowest BCUT2D eigenvalue weighted by Crippen LogP contribution is -2.16. The first-order valence-corrected chi connectivity index (χ1v) is 7.44. The van der Waals surface area contributed by atoms with E-state index in [2.05, 4.69) is 5.32 Å². The molecule has 0 saturated heterocycles. The van der Waals surface area contributed by atoms with Crippen molar-refractivity contribution in [1.29, 1.82) is 0 Å². The van der Waals surface area contributed by atoms with Crippen LogP contribution in [-0.4, -0.2) is 24.0 Å². The Morgan fingerprint density at radius 2 is 1.94 bits per heavy atom. The quantitative estimate of drug-likeness (QED) is 0.746. The van der Waals surface area contributed by atoms with Crippen LogP contribution in [0.5, 0.6) is 0 Å². The normalized spacial score (nSPS) is 10.4. The van der Waals surface area contributed by atoms with Gasteiger partial charge in [-0.15, -0.1) is 0 Å². The second kappa shape index (κ2) is 8.16. The van der Waals surface area contributed by atoms with Gasteiger partial charge in [0.2, 0.25) is 5.91 Å². The van der Waals surface area contributed by atoms with Crippen molar-refractivity contribution in [1.82, 2.24) is 0 Å². The Labute approximate surface area is 114 Å². The fraction of sp³-hybridized carbons (Fsp3) is 0.500. The Morgan fingerprint density at radius 3 is 2.56 bits per heavy atom. The van der Waals surface area contributed by atoms with Crippen LogP contribution in [-0.2, 0) is 4.79 Å². The molecule has 0 spiro atoms. The van der Waals surface area contributed by atoms with Gasteiger partial charge < -0.3 is 11.1 Å². The first-order valence-electron chi connectivity index (χ1n) is 6.29. The monoisotopic (exact) mass is 266 g/mol. The average Bonchev–Trinajstić information content (AvgIpc) is 2.34. The molecule has 100 valence electrons. The zero-order valence-corrected chi connectivity index (χ0v) is 12.0. The lowest BCUT2D eigenvalue weighted by Gasteiger charge is -2.11. The third-order valence-electron chi connectivity index (χ3n) is 2.72. The van der Waals surface area contributed by atoms with E-state index in [9.17, 15) is 4.79 Å². The van der Waals surface area contributed by atoms with Crippen LogP contribution >= 0.6 is 11.8 Å². The van der Waals surface area contributed by atoms with E-state index < -0.39 is 0 Å². The fourth-order valence-corrected chi connectivity index (χ4v) is 2.51. The molecule has 0 saturated carbocycles. The van der Waals surface area contributed by atoms with E-state index in [1.807, 2.05) is 32.0 Å². The van der Waals surface area contributed by atoms with Crippen molar-refractivity contribution >= 4 is 23.4 Å². The highest BCUT2D eigenvalue weighted by Gasteiger charge is 2.06. The summed E-state index contributed by atoms with van der Waals surface area (Å²) in [6.07, 6.45) is 2.11. The van der Waals surface area contributed by atoms with Crippen molar-refractivity contribution in [3.63, 3.8) is 0 Å². The van der Waals surface area contributed by atoms with Crippen molar-refractivity contribution in [3.8, 4) is 0 Å². The van der Waals surface area contributed by atoms with E-state index >= 15 is 0 Å². The number of unbranched alkanes of at least 4 members (excludes halogenated alkanes) is 1. The second-order valence-electron chi connectivity index (χ2n) is 4.36.